The number of aryl methyl sites for hydroxylation is 1. The van der Waals surface area contributed by atoms with Crippen LogP contribution in [0.3, 0.4) is 0 Å². The van der Waals surface area contributed by atoms with Gasteiger partial charge in [-0.1, -0.05) is 32.9 Å². The van der Waals surface area contributed by atoms with E-state index in [0.29, 0.717) is 29.2 Å². The van der Waals surface area contributed by atoms with Gasteiger partial charge in [0.05, 0.1) is 18.2 Å². The molecule has 0 radical (unpaired) electrons. The molecule has 1 amide bonds. The maximum atomic E-state index is 13.3. The second-order valence-electron chi connectivity index (χ2n) is 9.66. The molecule has 1 unspecified atom stereocenters. The molecule has 1 fully saturated rings. The van der Waals surface area contributed by atoms with Crippen molar-refractivity contribution in [3.63, 3.8) is 0 Å². The Morgan fingerprint density at radius 1 is 1.03 bits per heavy atom. The van der Waals surface area contributed by atoms with E-state index in [4.69, 9.17) is 4.74 Å². The number of aromatic nitrogens is 1. The van der Waals surface area contributed by atoms with Gasteiger partial charge in [0.15, 0.2) is 0 Å². The van der Waals surface area contributed by atoms with E-state index in [1.165, 1.54) is 4.90 Å². The first kappa shape index (κ1) is 24.2. The number of benzene rings is 2. The topological polar surface area (TPSA) is 79.7 Å². The van der Waals surface area contributed by atoms with Gasteiger partial charge in [0.1, 0.15) is 11.5 Å². The van der Waals surface area contributed by atoms with Crippen LogP contribution in [0.15, 0.2) is 72.6 Å². The van der Waals surface area contributed by atoms with Gasteiger partial charge in [0, 0.05) is 23.6 Å². The Labute approximate surface area is 205 Å². The van der Waals surface area contributed by atoms with E-state index in [0.717, 1.165) is 11.1 Å². The highest BCUT2D eigenvalue weighted by molar-refractivity contribution is 6.51. The third-order valence-electron chi connectivity index (χ3n) is 6.23. The smallest absolute Gasteiger partial charge is 0.300 e. The second kappa shape index (κ2) is 9.37. The number of rotatable bonds is 5. The monoisotopic (exact) mass is 470 g/mol. The summed E-state index contributed by atoms with van der Waals surface area (Å²) in [6, 6.07) is 15.6. The molecule has 180 valence electrons. The predicted molar refractivity (Wildman–Crippen MR) is 137 cm³/mol. The van der Waals surface area contributed by atoms with Gasteiger partial charge in [-0.15, -0.1) is 0 Å². The summed E-state index contributed by atoms with van der Waals surface area (Å²) >= 11 is 0. The van der Waals surface area contributed by atoms with Crippen molar-refractivity contribution in [1.82, 2.24) is 4.98 Å². The van der Waals surface area contributed by atoms with Crippen molar-refractivity contribution in [3.8, 4) is 5.75 Å². The minimum absolute atomic E-state index is 0.0460. The predicted octanol–water partition coefficient (Wildman–Crippen LogP) is 5.71. The van der Waals surface area contributed by atoms with Gasteiger partial charge in [0.25, 0.3) is 11.7 Å². The minimum Gasteiger partial charge on any atom is -0.507 e. The van der Waals surface area contributed by atoms with Crippen molar-refractivity contribution in [2.24, 2.45) is 0 Å². The largest absolute Gasteiger partial charge is 0.507 e. The van der Waals surface area contributed by atoms with E-state index in [1.54, 1.807) is 42.7 Å². The number of Topliss-reactive ketones (excluding diaryl/α,β-unsaturated/α-hetero) is 1. The number of anilines is 1. The van der Waals surface area contributed by atoms with E-state index < -0.39 is 17.7 Å². The van der Waals surface area contributed by atoms with Gasteiger partial charge in [-0.2, -0.15) is 0 Å². The lowest BCUT2D eigenvalue weighted by molar-refractivity contribution is -0.132. The lowest BCUT2D eigenvalue weighted by Crippen LogP contribution is -2.29. The first-order valence-corrected chi connectivity index (χ1v) is 11.7. The molecule has 1 aliphatic heterocycles. The molecule has 1 N–H and O–H groups in total. The molecule has 35 heavy (non-hydrogen) atoms. The van der Waals surface area contributed by atoms with Crippen LogP contribution in [0.5, 0.6) is 5.75 Å². The summed E-state index contributed by atoms with van der Waals surface area (Å²) in [6.07, 6.45) is 3.22. The third-order valence-corrected chi connectivity index (χ3v) is 6.23. The molecule has 6 heteroatoms. The number of carbonyl (C=O) groups excluding carboxylic acids is 2. The van der Waals surface area contributed by atoms with Gasteiger partial charge < -0.3 is 9.84 Å². The quantitative estimate of drug-likeness (QED) is 0.293. The van der Waals surface area contributed by atoms with Crippen LogP contribution in [0.1, 0.15) is 56.0 Å². The van der Waals surface area contributed by atoms with Crippen molar-refractivity contribution >= 4 is 23.1 Å². The van der Waals surface area contributed by atoms with Crippen LogP contribution in [0.25, 0.3) is 5.76 Å². The third kappa shape index (κ3) is 4.56. The molecule has 1 aliphatic rings. The maximum absolute atomic E-state index is 13.3. The highest BCUT2D eigenvalue weighted by atomic mass is 16.5. The van der Waals surface area contributed by atoms with Crippen LogP contribution in [0, 0.1) is 6.92 Å². The molecule has 4 rings (SSSR count). The summed E-state index contributed by atoms with van der Waals surface area (Å²) in [4.78, 5) is 32.2. The Kier molecular flexibility index (Phi) is 6.48. The number of amides is 1. The Balaban J connectivity index is 1.87. The Morgan fingerprint density at radius 3 is 2.26 bits per heavy atom. The molecule has 0 aliphatic carbocycles. The molecule has 1 atom stereocenters. The number of nitrogens with zero attached hydrogens (tertiary/aromatic N) is 2. The molecule has 2 aromatic carbocycles. The summed E-state index contributed by atoms with van der Waals surface area (Å²) in [5.41, 5.74) is 3.65. The summed E-state index contributed by atoms with van der Waals surface area (Å²) in [5, 5.41) is 11.3. The van der Waals surface area contributed by atoms with Gasteiger partial charge in [-0.05, 0) is 78.4 Å². The Hall–Kier alpha value is -3.93. The standard InChI is InChI=1S/C29H30N2O4/c1-6-35-23-12-7-20(17-18(23)2)26(32)24-25(19-13-15-30-16-14-19)31(28(34)27(24)33)22-10-8-21(9-11-22)29(3,4)5/h7-17,25,32H,6H2,1-5H3/b26-24-. The SMILES string of the molecule is CCOc1ccc(/C(O)=C2/C(=O)C(=O)N(c3ccc(C(C)(C)C)cc3)C2c2ccncc2)cc1C. The minimum atomic E-state index is -0.787. The highest BCUT2D eigenvalue weighted by Gasteiger charge is 2.47. The van der Waals surface area contributed by atoms with Gasteiger partial charge in [-0.25, -0.2) is 0 Å². The van der Waals surface area contributed by atoms with Crippen molar-refractivity contribution in [2.45, 2.75) is 46.1 Å². The number of ether oxygens (including phenoxy) is 1. The number of pyridine rings is 1. The fourth-order valence-electron chi connectivity index (χ4n) is 4.35. The average Bonchev–Trinajstić information content (AvgIpc) is 3.10. The average molecular weight is 471 g/mol. The number of hydrogen-bond acceptors (Lipinski definition) is 5. The van der Waals surface area contributed by atoms with Crippen molar-refractivity contribution in [2.75, 3.05) is 11.5 Å². The summed E-state index contributed by atoms with van der Waals surface area (Å²) < 4.78 is 5.60. The molecule has 1 aromatic heterocycles. The zero-order valence-corrected chi connectivity index (χ0v) is 20.7. The van der Waals surface area contributed by atoms with Crippen molar-refractivity contribution in [3.05, 3.63) is 94.8 Å². The molecule has 6 nitrogen and oxygen atoms in total. The second-order valence-corrected chi connectivity index (χ2v) is 9.66. The van der Waals surface area contributed by atoms with Gasteiger partial charge >= 0.3 is 0 Å². The van der Waals surface area contributed by atoms with Crippen LogP contribution in [-0.4, -0.2) is 28.4 Å². The van der Waals surface area contributed by atoms with Crippen molar-refractivity contribution < 1.29 is 19.4 Å². The van der Waals surface area contributed by atoms with Crippen LogP contribution >= 0.6 is 0 Å². The fourth-order valence-corrected chi connectivity index (χ4v) is 4.35. The van der Waals surface area contributed by atoms with E-state index >= 15 is 0 Å². The molecule has 0 bridgehead atoms. The lowest BCUT2D eigenvalue weighted by Gasteiger charge is -2.26. The molecule has 0 spiro atoms. The molecule has 0 saturated carbocycles. The van der Waals surface area contributed by atoms with E-state index in [1.807, 2.05) is 38.1 Å². The first-order chi connectivity index (χ1) is 16.6. The summed E-state index contributed by atoms with van der Waals surface area (Å²) in [7, 11) is 0. The normalized spacial score (nSPS) is 17.6. The Bertz CT molecular complexity index is 1290. The molecular formula is C29H30N2O4. The zero-order valence-electron chi connectivity index (χ0n) is 20.7. The van der Waals surface area contributed by atoms with Crippen LogP contribution in [0.4, 0.5) is 5.69 Å². The van der Waals surface area contributed by atoms with Crippen molar-refractivity contribution in [1.29, 1.82) is 0 Å². The van der Waals surface area contributed by atoms with Gasteiger partial charge in [-0.3, -0.25) is 19.5 Å². The van der Waals surface area contributed by atoms with Gasteiger partial charge in [0.2, 0.25) is 0 Å². The van der Waals surface area contributed by atoms with E-state index in [-0.39, 0.29) is 16.7 Å². The van der Waals surface area contributed by atoms with E-state index in [9.17, 15) is 14.7 Å². The molecule has 2 heterocycles. The number of aliphatic hydroxyl groups excluding tert-OH is 1. The van der Waals surface area contributed by atoms with Crippen LogP contribution in [-0.2, 0) is 15.0 Å². The zero-order chi connectivity index (χ0) is 25.3. The molecular weight excluding hydrogens is 440 g/mol. The highest BCUT2D eigenvalue weighted by Crippen LogP contribution is 2.42. The lowest BCUT2D eigenvalue weighted by atomic mass is 9.87. The maximum Gasteiger partial charge on any atom is 0.300 e. The van der Waals surface area contributed by atoms with Crippen LogP contribution in [0.2, 0.25) is 0 Å². The summed E-state index contributed by atoms with van der Waals surface area (Å²) in [5.74, 6) is -0.922. The van der Waals surface area contributed by atoms with E-state index in [2.05, 4.69) is 25.8 Å². The molecule has 3 aromatic rings. The molecule has 1 saturated heterocycles. The number of carbonyl (C=O) groups is 2. The fraction of sp³-hybridized carbons (Fsp3) is 0.276. The number of ketones is 1. The van der Waals surface area contributed by atoms with Crippen LogP contribution < -0.4 is 9.64 Å². The Morgan fingerprint density at radius 2 is 1.69 bits per heavy atom. The first-order valence-electron chi connectivity index (χ1n) is 11.7. The number of aliphatic hydroxyl groups is 1. The number of hydrogen-bond donors (Lipinski definition) is 1. The summed E-state index contributed by atoms with van der Waals surface area (Å²) in [6.45, 7) is 10.6.